The van der Waals surface area contributed by atoms with E-state index in [-0.39, 0.29) is 6.03 Å². The smallest absolute Gasteiger partial charge is 0.321 e. The number of nitrogens with zero attached hydrogens (tertiary/aromatic N) is 4. The Bertz CT molecular complexity index is 1330. The third-order valence-electron chi connectivity index (χ3n) is 6.50. The molecule has 1 fully saturated rings. The second-order valence-corrected chi connectivity index (χ2v) is 10.9. The number of aryl methyl sites for hydroxylation is 4. The van der Waals surface area contributed by atoms with Crippen LogP contribution < -0.4 is 10.2 Å². The van der Waals surface area contributed by atoms with Crippen molar-refractivity contribution in [3.05, 3.63) is 80.9 Å². The van der Waals surface area contributed by atoms with Gasteiger partial charge in [-0.3, -0.25) is 0 Å². The second-order valence-electron chi connectivity index (χ2n) is 8.82. The van der Waals surface area contributed by atoms with Gasteiger partial charge in [0.25, 0.3) is 0 Å². The maximum absolute atomic E-state index is 12.8. The zero-order valence-corrected chi connectivity index (χ0v) is 22.3. The van der Waals surface area contributed by atoms with E-state index in [9.17, 15) is 4.79 Å². The third kappa shape index (κ3) is 5.33. The Morgan fingerprint density at radius 2 is 1.69 bits per heavy atom. The molecule has 4 aromatic rings. The fraction of sp³-hybridized carbons (Fsp3) is 0.296. The van der Waals surface area contributed by atoms with E-state index in [2.05, 4.69) is 64.3 Å². The molecule has 1 aliphatic rings. The van der Waals surface area contributed by atoms with Gasteiger partial charge in [0, 0.05) is 47.6 Å². The lowest BCUT2D eigenvalue weighted by Gasteiger charge is -2.35. The number of aromatic nitrogens is 2. The van der Waals surface area contributed by atoms with Crippen LogP contribution >= 0.6 is 27.3 Å². The van der Waals surface area contributed by atoms with Crippen molar-refractivity contribution < 1.29 is 4.79 Å². The van der Waals surface area contributed by atoms with Gasteiger partial charge in [-0.1, -0.05) is 46.3 Å². The number of anilines is 2. The lowest BCUT2D eigenvalue weighted by atomic mass is 10.1. The minimum Gasteiger partial charge on any atom is -0.352 e. The van der Waals surface area contributed by atoms with E-state index >= 15 is 0 Å². The summed E-state index contributed by atoms with van der Waals surface area (Å²) in [5, 5.41) is 4.16. The van der Waals surface area contributed by atoms with Crippen molar-refractivity contribution in [3.8, 4) is 0 Å². The van der Waals surface area contributed by atoms with Crippen molar-refractivity contribution in [1.82, 2.24) is 14.9 Å². The first-order valence-corrected chi connectivity index (χ1v) is 13.5. The van der Waals surface area contributed by atoms with Gasteiger partial charge in [0.1, 0.15) is 16.5 Å². The number of carbonyl (C=O) groups excluding carboxylic acids is 1. The number of benzene rings is 2. The number of rotatable bonds is 5. The van der Waals surface area contributed by atoms with Crippen LogP contribution in [0.25, 0.3) is 10.2 Å². The van der Waals surface area contributed by atoms with Gasteiger partial charge in [-0.05, 0) is 55.7 Å². The Morgan fingerprint density at radius 1 is 0.971 bits per heavy atom. The van der Waals surface area contributed by atoms with Crippen LogP contribution in [0.15, 0.2) is 59.1 Å². The molecule has 1 N–H and O–H groups in total. The number of hydrogen-bond donors (Lipinski definition) is 1. The van der Waals surface area contributed by atoms with Crippen LogP contribution in [-0.2, 0) is 12.8 Å². The lowest BCUT2D eigenvalue weighted by molar-refractivity contribution is 0.208. The summed E-state index contributed by atoms with van der Waals surface area (Å²) in [4.78, 5) is 29.3. The molecule has 35 heavy (non-hydrogen) atoms. The van der Waals surface area contributed by atoms with Crippen LogP contribution in [0, 0.1) is 13.8 Å². The molecule has 0 saturated carbocycles. The van der Waals surface area contributed by atoms with E-state index < -0.39 is 0 Å². The normalized spacial score (nSPS) is 13.9. The van der Waals surface area contributed by atoms with Crippen molar-refractivity contribution in [2.45, 2.75) is 26.7 Å². The first kappa shape index (κ1) is 23.8. The predicted molar refractivity (Wildman–Crippen MR) is 148 cm³/mol. The summed E-state index contributed by atoms with van der Waals surface area (Å²) in [6.45, 7) is 7.09. The van der Waals surface area contributed by atoms with Crippen molar-refractivity contribution in [2.24, 2.45) is 0 Å². The summed E-state index contributed by atoms with van der Waals surface area (Å²) >= 11 is 5.17. The largest absolute Gasteiger partial charge is 0.352 e. The lowest BCUT2D eigenvalue weighted by Crippen LogP contribution is -2.50. The summed E-state index contributed by atoms with van der Waals surface area (Å²) in [6, 6.07) is 18.1. The molecule has 5 rings (SSSR count). The topological polar surface area (TPSA) is 61.4 Å². The van der Waals surface area contributed by atoms with E-state index in [1.807, 2.05) is 35.2 Å². The SMILES string of the molecule is Cc1sc2nc(CCc3ccccc3)nc(N3CCN(C(=O)Nc4ccc(Br)cc4)CC3)c2c1C. The molecule has 1 aliphatic heterocycles. The second kappa shape index (κ2) is 10.3. The Morgan fingerprint density at radius 3 is 2.40 bits per heavy atom. The van der Waals surface area contributed by atoms with Crippen LogP contribution in [0.4, 0.5) is 16.3 Å². The van der Waals surface area contributed by atoms with Gasteiger partial charge in [0.05, 0.1) is 5.39 Å². The zero-order valence-electron chi connectivity index (χ0n) is 19.9. The first-order chi connectivity index (χ1) is 17.0. The molecule has 8 heteroatoms. The highest BCUT2D eigenvalue weighted by Gasteiger charge is 2.25. The van der Waals surface area contributed by atoms with Crippen LogP contribution in [0.2, 0.25) is 0 Å². The average molecular weight is 551 g/mol. The van der Waals surface area contributed by atoms with E-state index in [0.717, 1.165) is 58.0 Å². The first-order valence-electron chi connectivity index (χ1n) is 11.8. The maximum Gasteiger partial charge on any atom is 0.321 e. The highest BCUT2D eigenvalue weighted by molar-refractivity contribution is 9.10. The monoisotopic (exact) mass is 549 g/mol. The standard InChI is InChI=1S/C27H28BrN5OS/c1-18-19(2)35-26-24(18)25(30-23(31-26)13-8-20-6-4-3-5-7-20)32-14-16-33(17-15-32)27(34)29-22-11-9-21(28)10-12-22/h3-7,9-12H,8,13-17H2,1-2H3,(H,29,34). The summed E-state index contributed by atoms with van der Waals surface area (Å²) < 4.78 is 0.988. The Kier molecular flexibility index (Phi) is 7.02. The molecule has 0 bridgehead atoms. The average Bonchev–Trinajstić information content (AvgIpc) is 3.17. The minimum absolute atomic E-state index is 0.0640. The molecular weight excluding hydrogens is 522 g/mol. The van der Waals surface area contributed by atoms with Crippen molar-refractivity contribution in [3.63, 3.8) is 0 Å². The van der Waals surface area contributed by atoms with Gasteiger partial charge < -0.3 is 15.1 Å². The number of hydrogen-bond acceptors (Lipinski definition) is 5. The number of amides is 2. The highest BCUT2D eigenvalue weighted by Crippen LogP contribution is 2.35. The predicted octanol–water partition coefficient (Wildman–Crippen LogP) is 6.21. The van der Waals surface area contributed by atoms with Crippen molar-refractivity contribution in [2.75, 3.05) is 36.4 Å². The summed E-state index contributed by atoms with van der Waals surface area (Å²) in [5.74, 6) is 1.89. The van der Waals surface area contributed by atoms with E-state index in [1.54, 1.807) is 11.3 Å². The Labute approximate surface area is 218 Å². The molecule has 0 unspecified atom stereocenters. The van der Waals surface area contributed by atoms with Crippen molar-refractivity contribution >= 4 is 55.0 Å². The molecule has 180 valence electrons. The molecule has 0 spiro atoms. The Balaban J connectivity index is 1.32. The third-order valence-corrected chi connectivity index (χ3v) is 8.13. The number of urea groups is 1. The van der Waals surface area contributed by atoms with Crippen LogP contribution in [0.5, 0.6) is 0 Å². The van der Waals surface area contributed by atoms with Gasteiger partial charge in [-0.2, -0.15) is 0 Å². The number of thiophene rings is 1. The molecule has 0 aliphatic carbocycles. The minimum atomic E-state index is -0.0640. The summed E-state index contributed by atoms with van der Waals surface area (Å²) in [7, 11) is 0. The molecular formula is C27H28BrN5OS. The highest BCUT2D eigenvalue weighted by atomic mass is 79.9. The molecule has 2 aromatic carbocycles. The summed E-state index contributed by atoms with van der Waals surface area (Å²) in [6.07, 6.45) is 1.72. The van der Waals surface area contributed by atoms with E-state index in [0.29, 0.717) is 13.1 Å². The molecule has 1 saturated heterocycles. The van der Waals surface area contributed by atoms with Crippen LogP contribution in [0.1, 0.15) is 21.8 Å². The van der Waals surface area contributed by atoms with Gasteiger partial charge in [-0.15, -0.1) is 11.3 Å². The molecule has 3 heterocycles. The fourth-order valence-electron chi connectivity index (χ4n) is 4.37. The molecule has 2 amide bonds. The van der Waals surface area contributed by atoms with E-state index in [1.165, 1.54) is 16.0 Å². The number of fused-ring (bicyclic) bond motifs is 1. The fourth-order valence-corrected chi connectivity index (χ4v) is 5.68. The van der Waals surface area contributed by atoms with Gasteiger partial charge in [0.2, 0.25) is 0 Å². The summed E-state index contributed by atoms with van der Waals surface area (Å²) in [5.41, 5.74) is 3.34. The number of carbonyl (C=O) groups is 1. The van der Waals surface area contributed by atoms with Gasteiger partial charge >= 0.3 is 6.03 Å². The molecule has 0 atom stereocenters. The molecule has 2 aromatic heterocycles. The van der Waals surface area contributed by atoms with E-state index in [4.69, 9.17) is 9.97 Å². The number of halogens is 1. The Hall–Kier alpha value is -2.97. The van der Waals surface area contributed by atoms with Crippen LogP contribution in [0.3, 0.4) is 0 Å². The zero-order chi connectivity index (χ0) is 24.4. The molecule has 6 nitrogen and oxygen atoms in total. The maximum atomic E-state index is 12.8. The number of piperazine rings is 1. The van der Waals surface area contributed by atoms with Gasteiger partial charge in [-0.25, -0.2) is 14.8 Å². The number of nitrogens with one attached hydrogen (secondary N) is 1. The molecule has 0 radical (unpaired) electrons. The van der Waals surface area contributed by atoms with Crippen molar-refractivity contribution in [1.29, 1.82) is 0 Å². The van der Waals surface area contributed by atoms with Crippen LogP contribution in [-0.4, -0.2) is 47.1 Å². The quantitative estimate of drug-likeness (QED) is 0.321. The van der Waals surface area contributed by atoms with Gasteiger partial charge in [0.15, 0.2) is 0 Å².